The van der Waals surface area contributed by atoms with Crippen molar-refractivity contribution in [2.45, 2.75) is 13.5 Å². The third-order valence-electron chi connectivity index (χ3n) is 4.64. The van der Waals surface area contributed by atoms with Crippen molar-refractivity contribution in [3.63, 3.8) is 0 Å². The van der Waals surface area contributed by atoms with Crippen molar-refractivity contribution in [1.29, 1.82) is 5.26 Å². The Bertz CT molecular complexity index is 882. The minimum absolute atomic E-state index is 0.0381. The van der Waals surface area contributed by atoms with Crippen molar-refractivity contribution >= 4 is 23.4 Å². The molecular weight excluding hydrogens is 385 g/mol. The van der Waals surface area contributed by atoms with E-state index in [0.717, 1.165) is 0 Å². The first kappa shape index (κ1) is 20.1. The first-order valence-corrected chi connectivity index (χ1v) is 9.28. The smallest absolute Gasteiger partial charge is 0.236 e. The molecule has 0 N–H and O–H groups in total. The van der Waals surface area contributed by atoms with Crippen LogP contribution in [0.1, 0.15) is 17.1 Å². The van der Waals surface area contributed by atoms with Gasteiger partial charge < -0.3 is 14.2 Å². The summed E-state index contributed by atoms with van der Waals surface area (Å²) in [5.41, 5.74) is 0.646. The number of likely N-dealkylation sites (N-methyl/N-ethyl adjacent to an activating group) is 1. The molecule has 1 aromatic heterocycles. The van der Waals surface area contributed by atoms with Crippen LogP contribution in [0.25, 0.3) is 0 Å². The lowest BCUT2D eigenvalue weighted by Gasteiger charge is -2.35. The van der Waals surface area contributed by atoms with Crippen LogP contribution in [0.4, 0.5) is 10.3 Å². The highest BCUT2D eigenvalue weighted by atomic mass is 35.5. The van der Waals surface area contributed by atoms with E-state index in [1.807, 2.05) is 11.0 Å². The summed E-state index contributed by atoms with van der Waals surface area (Å²) in [4.78, 5) is 22.1. The van der Waals surface area contributed by atoms with E-state index in [4.69, 9.17) is 21.3 Å². The number of benzene rings is 1. The average Bonchev–Trinajstić information content (AvgIpc) is 3.06. The molecule has 28 heavy (non-hydrogen) atoms. The number of nitrogens with zero attached hydrogens (tertiary/aromatic N) is 5. The first-order chi connectivity index (χ1) is 13.4. The standard InChI is InChI=1S/C19H21ClFN5O2/c1-13-23-17(10-22)19(28-13)26-8-6-25(7-9-26)18(27)12-24(2)11-14-15(20)4-3-5-16(14)21/h3-5H,6-9,11-12H2,1-2H3. The van der Waals surface area contributed by atoms with E-state index in [9.17, 15) is 9.18 Å². The molecule has 1 saturated heterocycles. The molecule has 1 aromatic carbocycles. The zero-order chi connectivity index (χ0) is 20.3. The van der Waals surface area contributed by atoms with Gasteiger partial charge in [0.15, 0.2) is 5.89 Å². The van der Waals surface area contributed by atoms with Gasteiger partial charge in [0.05, 0.1) is 6.54 Å². The van der Waals surface area contributed by atoms with Crippen LogP contribution < -0.4 is 4.90 Å². The number of carbonyl (C=O) groups is 1. The maximum absolute atomic E-state index is 13.9. The molecule has 1 aliphatic rings. The summed E-state index contributed by atoms with van der Waals surface area (Å²) in [7, 11) is 1.76. The van der Waals surface area contributed by atoms with E-state index in [1.165, 1.54) is 6.07 Å². The van der Waals surface area contributed by atoms with Crippen LogP contribution >= 0.6 is 11.6 Å². The van der Waals surface area contributed by atoms with Crippen molar-refractivity contribution in [2.24, 2.45) is 0 Å². The fraction of sp³-hybridized carbons (Fsp3) is 0.421. The quantitative estimate of drug-likeness (QED) is 0.760. The number of amides is 1. The molecule has 1 fully saturated rings. The Balaban J connectivity index is 1.54. The maximum Gasteiger partial charge on any atom is 0.236 e. The summed E-state index contributed by atoms with van der Waals surface area (Å²) in [5.74, 6) is 0.483. The van der Waals surface area contributed by atoms with Gasteiger partial charge in [0.1, 0.15) is 11.9 Å². The largest absolute Gasteiger partial charge is 0.424 e. The topological polar surface area (TPSA) is 76.6 Å². The fourth-order valence-corrected chi connectivity index (χ4v) is 3.43. The maximum atomic E-state index is 13.9. The number of oxazole rings is 1. The van der Waals surface area contributed by atoms with Gasteiger partial charge in [-0.1, -0.05) is 17.7 Å². The van der Waals surface area contributed by atoms with Gasteiger partial charge in [-0.2, -0.15) is 5.26 Å². The highest BCUT2D eigenvalue weighted by Crippen LogP contribution is 2.23. The molecule has 9 heteroatoms. The Hall–Kier alpha value is -2.63. The summed E-state index contributed by atoms with van der Waals surface area (Å²) in [6.07, 6.45) is 0. The Kier molecular flexibility index (Phi) is 6.17. The zero-order valence-electron chi connectivity index (χ0n) is 15.8. The van der Waals surface area contributed by atoms with Crippen LogP contribution in [-0.4, -0.2) is 60.5 Å². The van der Waals surface area contributed by atoms with Crippen LogP contribution in [0.5, 0.6) is 0 Å². The van der Waals surface area contributed by atoms with Crippen LogP contribution in [0.3, 0.4) is 0 Å². The van der Waals surface area contributed by atoms with Gasteiger partial charge in [-0.15, -0.1) is 0 Å². The third kappa shape index (κ3) is 4.43. The van der Waals surface area contributed by atoms with E-state index in [-0.39, 0.29) is 30.5 Å². The molecule has 0 unspecified atom stereocenters. The molecule has 0 aliphatic carbocycles. The van der Waals surface area contributed by atoms with Crippen molar-refractivity contribution < 1.29 is 13.6 Å². The number of rotatable bonds is 5. The van der Waals surface area contributed by atoms with Gasteiger partial charge in [0, 0.05) is 50.2 Å². The van der Waals surface area contributed by atoms with E-state index in [0.29, 0.717) is 48.5 Å². The van der Waals surface area contributed by atoms with E-state index in [2.05, 4.69) is 4.98 Å². The number of piperazine rings is 1. The van der Waals surface area contributed by atoms with Gasteiger partial charge in [-0.25, -0.2) is 9.37 Å². The second-order valence-corrected chi connectivity index (χ2v) is 7.15. The number of hydrogen-bond acceptors (Lipinski definition) is 6. The summed E-state index contributed by atoms with van der Waals surface area (Å²) in [6.45, 7) is 4.24. The summed E-state index contributed by atoms with van der Waals surface area (Å²) >= 11 is 6.06. The molecule has 0 saturated carbocycles. The van der Waals surface area contributed by atoms with Crippen LogP contribution in [0.2, 0.25) is 5.02 Å². The van der Waals surface area contributed by atoms with Gasteiger partial charge >= 0.3 is 0 Å². The van der Waals surface area contributed by atoms with Crippen LogP contribution in [-0.2, 0) is 11.3 Å². The molecule has 0 atom stereocenters. The number of carbonyl (C=O) groups excluding carboxylic acids is 1. The number of aromatic nitrogens is 1. The average molecular weight is 406 g/mol. The number of hydrogen-bond donors (Lipinski definition) is 0. The number of anilines is 1. The Labute approximate surface area is 167 Å². The monoisotopic (exact) mass is 405 g/mol. The van der Waals surface area contributed by atoms with Crippen molar-refractivity contribution in [2.75, 3.05) is 44.7 Å². The molecule has 0 bridgehead atoms. The lowest BCUT2D eigenvalue weighted by Crippen LogP contribution is -2.51. The molecule has 2 aromatic rings. The molecule has 7 nitrogen and oxygen atoms in total. The Morgan fingerprint density at radius 1 is 1.39 bits per heavy atom. The van der Waals surface area contributed by atoms with Gasteiger partial charge in [0.25, 0.3) is 0 Å². The van der Waals surface area contributed by atoms with Crippen LogP contribution in [0.15, 0.2) is 22.6 Å². The predicted molar refractivity (Wildman–Crippen MR) is 102 cm³/mol. The molecule has 2 heterocycles. The SMILES string of the molecule is Cc1nc(C#N)c(N2CCN(C(=O)CN(C)Cc3c(F)cccc3Cl)CC2)o1. The molecule has 1 amide bonds. The highest BCUT2D eigenvalue weighted by Gasteiger charge is 2.26. The van der Waals surface area contributed by atoms with Crippen molar-refractivity contribution in [3.05, 3.63) is 46.2 Å². The van der Waals surface area contributed by atoms with Crippen molar-refractivity contribution in [3.8, 4) is 6.07 Å². The normalized spacial score (nSPS) is 14.4. The Morgan fingerprint density at radius 3 is 2.75 bits per heavy atom. The molecule has 3 rings (SSSR count). The van der Waals surface area contributed by atoms with E-state index >= 15 is 0 Å². The van der Waals surface area contributed by atoms with Crippen LogP contribution in [0, 0.1) is 24.1 Å². The lowest BCUT2D eigenvalue weighted by atomic mass is 10.2. The molecule has 148 valence electrons. The van der Waals surface area contributed by atoms with Gasteiger partial charge in [-0.3, -0.25) is 9.69 Å². The Morgan fingerprint density at radius 2 is 2.11 bits per heavy atom. The van der Waals surface area contributed by atoms with E-state index in [1.54, 1.807) is 35.9 Å². The first-order valence-electron chi connectivity index (χ1n) is 8.90. The minimum Gasteiger partial charge on any atom is -0.424 e. The lowest BCUT2D eigenvalue weighted by molar-refractivity contribution is -0.132. The van der Waals surface area contributed by atoms with Gasteiger partial charge in [-0.05, 0) is 19.2 Å². The number of aryl methyl sites for hydroxylation is 1. The number of halogens is 2. The molecular formula is C19H21ClFN5O2. The fourth-order valence-electron chi connectivity index (χ4n) is 3.20. The molecule has 1 aliphatic heterocycles. The minimum atomic E-state index is -0.379. The van der Waals surface area contributed by atoms with Crippen molar-refractivity contribution in [1.82, 2.24) is 14.8 Å². The molecule has 0 spiro atoms. The predicted octanol–water partition coefficient (Wildman–Crippen LogP) is 2.43. The summed E-state index contributed by atoms with van der Waals surface area (Å²) in [6, 6.07) is 6.58. The van der Waals surface area contributed by atoms with E-state index < -0.39 is 0 Å². The summed E-state index contributed by atoms with van der Waals surface area (Å²) < 4.78 is 19.4. The summed E-state index contributed by atoms with van der Waals surface area (Å²) in [5, 5.41) is 9.51. The molecule has 0 radical (unpaired) electrons. The zero-order valence-corrected chi connectivity index (χ0v) is 16.5. The van der Waals surface area contributed by atoms with Gasteiger partial charge in [0.2, 0.25) is 17.5 Å². The highest BCUT2D eigenvalue weighted by molar-refractivity contribution is 6.31. The second kappa shape index (κ2) is 8.59. The third-order valence-corrected chi connectivity index (χ3v) is 4.99. The second-order valence-electron chi connectivity index (χ2n) is 6.74. The number of nitriles is 1.